The van der Waals surface area contributed by atoms with Gasteiger partial charge in [0, 0.05) is 43.0 Å². The highest BCUT2D eigenvalue weighted by Crippen LogP contribution is 2.25. The van der Waals surface area contributed by atoms with E-state index < -0.39 is 0 Å². The largest absolute Gasteiger partial charge is 0.353 e. The predicted octanol–water partition coefficient (Wildman–Crippen LogP) is 3.15. The molecule has 0 unspecified atom stereocenters. The number of hydrogen-bond donors (Lipinski definition) is 0. The second-order valence-corrected chi connectivity index (χ2v) is 6.71. The van der Waals surface area contributed by atoms with Crippen LogP contribution in [0.25, 0.3) is 10.9 Å². The number of nitrogens with zero attached hydrogens (tertiary/aromatic N) is 4. The lowest BCUT2D eigenvalue weighted by molar-refractivity contribution is 0.251. The Hall–Kier alpha value is -2.05. The van der Waals surface area contributed by atoms with Crippen LogP contribution in [0.4, 0.5) is 10.2 Å². The molecule has 1 fully saturated rings. The van der Waals surface area contributed by atoms with Crippen molar-refractivity contribution < 1.29 is 4.39 Å². The number of anilines is 1. The molecule has 3 aromatic rings. The lowest BCUT2D eigenvalue weighted by Gasteiger charge is -2.35. The average molecular weight is 328 g/mol. The first-order valence-corrected chi connectivity index (χ1v) is 8.58. The SMILES string of the molecule is Fc1cccc2c(N3CCN(Cc4cccs4)CC3)ncnc12. The highest BCUT2D eigenvalue weighted by molar-refractivity contribution is 7.09. The van der Waals surface area contributed by atoms with Crippen LogP contribution >= 0.6 is 11.3 Å². The Balaban J connectivity index is 1.51. The third-order valence-corrected chi connectivity index (χ3v) is 5.09. The van der Waals surface area contributed by atoms with Crippen molar-refractivity contribution in [1.82, 2.24) is 14.9 Å². The van der Waals surface area contributed by atoms with Crippen molar-refractivity contribution >= 4 is 28.1 Å². The summed E-state index contributed by atoms with van der Waals surface area (Å²) in [6.07, 6.45) is 1.46. The summed E-state index contributed by atoms with van der Waals surface area (Å²) < 4.78 is 13.9. The Bertz CT molecular complexity index is 797. The van der Waals surface area contributed by atoms with Gasteiger partial charge < -0.3 is 4.90 Å². The van der Waals surface area contributed by atoms with Gasteiger partial charge in [-0.05, 0) is 23.6 Å². The van der Waals surface area contributed by atoms with Crippen molar-refractivity contribution in [3.8, 4) is 0 Å². The minimum atomic E-state index is -0.289. The zero-order valence-corrected chi connectivity index (χ0v) is 13.5. The molecule has 0 amide bonds. The maximum atomic E-state index is 13.9. The maximum absolute atomic E-state index is 13.9. The lowest BCUT2D eigenvalue weighted by Crippen LogP contribution is -2.46. The fraction of sp³-hybridized carbons (Fsp3) is 0.294. The summed E-state index contributed by atoms with van der Waals surface area (Å²) in [5, 5.41) is 2.91. The number of rotatable bonds is 3. The Kier molecular flexibility index (Phi) is 3.93. The fourth-order valence-corrected chi connectivity index (χ4v) is 3.78. The van der Waals surface area contributed by atoms with Gasteiger partial charge in [0.25, 0.3) is 0 Å². The average Bonchev–Trinajstić information content (AvgIpc) is 3.09. The van der Waals surface area contributed by atoms with Crippen LogP contribution in [0.2, 0.25) is 0 Å². The molecule has 1 saturated heterocycles. The molecule has 6 heteroatoms. The van der Waals surface area contributed by atoms with Crippen LogP contribution < -0.4 is 4.90 Å². The second-order valence-electron chi connectivity index (χ2n) is 5.68. The number of piperazine rings is 1. The second kappa shape index (κ2) is 6.22. The Morgan fingerprint density at radius 1 is 1.04 bits per heavy atom. The van der Waals surface area contributed by atoms with Crippen LogP contribution in [0.3, 0.4) is 0 Å². The number of thiophene rings is 1. The number of fused-ring (bicyclic) bond motifs is 1. The molecule has 4 rings (SSSR count). The van der Waals surface area contributed by atoms with Crippen molar-refractivity contribution in [2.45, 2.75) is 6.54 Å². The molecule has 3 heterocycles. The predicted molar refractivity (Wildman–Crippen MR) is 91.3 cm³/mol. The third kappa shape index (κ3) is 2.92. The van der Waals surface area contributed by atoms with Gasteiger partial charge in [0.2, 0.25) is 0 Å². The molecule has 1 aromatic carbocycles. The minimum absolute atomic E-state index is 0.289. The molecule has 1 aliphatic heterocycles. The van der Waals surface area contributed by atoms with Gasteiger partial charge in [0.05, 0.1) is 0 Å². The quantitative estimate of drug-likeness (QED) is 0.739. The van der Waals surface area contributed by atoms with Crippen molar-refractivity contribution in [2.24, 2.45) is 0 Å². The third-order valence-electron chi connectivity index (χ3n) is 4.23. The van der Waals surface area contributed by atoms with Crippen LogP contribution in [-0.4, -0.2) is 41.0 Å². The number of hydrogen-bond acceptors (Lipinski definition) is 5. The zero-order valence-electron chi connectivity index (χ0n) is 12.7. The van der Waals surface area contributed by atoms with E-state index in [4.69, 9.17) is 0 Å². The van der Waals surface area contributed by atoms with E-state index in [1.165, 1.54) is 17.3 Å². The molecule has 0 aliphatic carbocycles. The van der Waals surface area contributed by atoms with Gasteiger partial charge >= 0.3 is 0 Å². The number of halogens is 1. The van der Waals surface area contributed by atoms with Gasteiger partial charge in [-0.2, -0.15) is 0 Å². The Morgan fingerprint density at radius 3 is 2.70 bits per heavy atom. The number of aromatic nitrogens is 2. The van der Waals surface area contributed by atoms with E-state index in [0.29, 0.717) is 5.52 Å². The van der Waals surface area contributed by atoms with Gasteiger partial charge in [-0.15, -0.1) is 11.3 Å². The van der Waals surface area contributed by atoms with Gasteiger partial charge in [-0.3, -0.25) is 4.90 Å². The molecule has 2 aromatic heterocycles. The van der Waals surface area contributed by atoms with Crippen molar-refractivity contribution in [2.75, 3.05) is 31.1 Å². The molecular formula is C17H17FN4S. The van der Waals surface area contributed by atoms with E-state index in [-0.39, 0.29) is 5.82 Å². The summed E-state index contributed by atoms with van der Waals surface area (Å²) in [6, 6.07) is 9.33. The zero-order chi connectivity index (χ0) is 15.6. The number of para-hydroxylation sites is 1. The van der Waals surface area contributed by atoms with E-state index in [1.807, 2.05) is 6.07 Å². The van der Waals surface area contributed by atoms with Crippen LogP contribution in [0.1, 0.15) is 4.88 Å². The molecule has 0 radical (unpaired) electrons. The summed E-state index contributed by atoms with van der Waals surface area (Å²) in [4.78, 5) is 14.6. The van der Waals surface area contributed by atoms with E-state index in [1.54, 1.807) is 17.4 Å². The van der Waals surface area contributed by atoms with Crippen molar-refractivity contribution in [3.63, 3.8) is 0 Å². The monoisotopic (exact) mass is 328 g/mol. The maximum Gasteiger partial charge on any atom is 0.149 e. The standard InChI is InChI=1S/C17H17FN4S/c18-15-5-1-4-14-16(15)19-12-20-17(14)22-8-6-21(7-9-22)11-13-3-2-10-23-13/h1-5,10,12H,6-9,11H2. The van der Waals surface area contributed by atoms with E-state index in [2.05, 4.69) is 37.3 Å². The van der Waals surface area contributed by atoms with E-state index in [9.17, 15) is 4.39 Å². The normalized spacial score (nSPS) is 16.1. The molecule has 0 bridgehead atoms. The summed E-state index contributed by atoms with van der Waals surface area (Å²) in [5.41, 5.74) is 0.401. The topological polar surface area (TPSA) is 32.3 Å². The van der Waals surface area contributed by atoms with Crippen molar-refractivity contribution in [3.05, 3.63) is 52.7 Å². The summed E-state index contributed by atoms with van der Waals surface area (Å²) >= 11 is 1.80. The van der Waals surface area contributed by atoms with Gasteiger partial charge in [0.1, 0.15) is 23.5 Å². The molecule has 0 atom stereocenters. The highest BCUT2D eigenvalue weighted by atomic mass is 32.1. The molecular weight excluding hydrogens is 311 g/mol. The Labute approximate surface area is 138 Å². The lowest BCUT2D eigenvalue weighted by atomic mass is 10.2. The highest BCUT2D eigenvalue weighted by Gasteiger charge is 2.20. The summed E-state index contributed by atoms with van der Waals surface area (Å²) in [7, 11) is 0. The molecule has 4 nitrogen and oxygen atoms in total. The number of benzene rings is 1. The fourth-order valence-electron chi connectivity index (χ4n) is 3.03. The summed E-state index contributed by atoms with van der Waals surface area (Å²) in [6.45, 7) is 4.77. The molecule has 1 aliphatic rings. The molecule has 0 spiro atoms. The van der Waals surface area contributed by atoms with Crippen LogP contribution in [-0.2, 0) is 6.54 Å². The minimum Gasteiger partial charge on any atom is -0.353 e. The van der Waals surface area contributed by atoms with Crippen LogP contribution in [0, 0.1) is 5.82 Å². The first-order valence-electron chi connectivity index (χ1n) is 7.70. The smallest absolute Gasteiger partial charge is 0.149 e. The van der Waals surface area contributed by atoms with E-state index >= 15 is 0 Å². The molecule has 118 valence electrons. The molecule has 0 saturated carbocycles. The first-order chi connectivity index (χ1) is 11.3. The van der Waals surface area contributed by atoms with Gasteiger partial charge in [-0.1, -0.05) is 12.1 Å². The van der Waals surface area contributed by atoms with Crippen LogP contribution in [0.15, 0.2) is 42.0 Å². The van der Waals surface area contributed by atoms with Crippen molar-refractivity contribution in [1.29, 1.82) is 0 Å². The first kappa shape index (κ1) is 14.5. The Morgan fingerprint density at radius 2 is 1.91 bits per heavy atom. The molecule has 23 heavy (non-hydrogen) atoms. The van der Waals surface area contributed by atoms with Gasteiger partial charge in [0.15, 0.2) is 0 Å². The van der Waals surface area contributed by atoms with E-state index in [0.717, 1.165) is 43.9 Å². The molecule has 0 N–H and O–H groups in total. The van der Waals surface area contributed by atoms with Gasteiger partial charge in [-0.25, -0.2) is 14.4 Å². The van der Waals surface area contributed by atoms with Crippen LogP contribution in [0.5, 0.6) is 0 Å². The summed E-state index contributed by atoms with van der Waals surface area (Å²) in [5.74, 6) is 0.549.